The average molecular weight is 475 g/mol. The van der Waals surface area contributed by atoms with Gasteiger partial charge in [0, 0.05) is 38.2 Å². The molecule has 0 bridgehead atoms. The molecule has 1 atom stereocenters. The first-order valence-corrected chi connectivity index (χ1v) is 9.68. The van der Waals surface area contributed by atoms with Gasteiger partial charge in [-0.05, 0) is 49.3 Å². The van der Waals surface area contributed by atoms with E-state index in [1.165, 1.54) is 6.33 Å². The zero-order valence-electron chi connectivity index (χ0n) is 15.7. The molecule has 0 saturated carbocycles. The molecule has 9 heteroatoms. The van der Waals surface area contributed by atoms with Gasteiger partial charge in [0.15, 0.2) is 0 Å². The number of primary amides is 1. The van der Waals surface area contributed by atoms with Crippen LogP contribution in [0.5, 0.6) is 0 Å². The van der Waals surface area contributed by atoms with E-state index in [0.717, 1.165) is 15.1 Å². The fraction of sp³-hybridized carbons (Fsp3) is 0.647. The van der Waals surface area contributed by atoms with Crippen molar-refractivity contribution < 1.29 is 14.3 Å². The lowest BCUT2D eigenvalue weighted by molar-refractivity contribution is -0.118. The fourth-order valence-electron chi connectivity index (χ4n) is 2.87. The summed E-state index contributed by atoms with van der Waals surface area (Å²) >= 11 is 2.16. The van der Waals surface area contributed by atoms with Crippen molar-refractivity contribution in [2.24, 2.45) is 5.73 Å². The molecule has 2 rings (SSSR count). The minimum Gasteiger partial charge on any atom is -0.444 e. The molecule has 2 heterocycles. The number of halogens is 1. The van der Waals surface area contributed by atoms with E-state index in [0.29, 0.717) is 26.2 Å². The Labute approximate surface area is 167 Å². The number of hydrogen-bond donors (Lipinski definition) is 1. The van der Waals surface area contributed by atoms with E-state index < -0.39 is 5.60 Å². The van der Waals surface area contributed by atoms with Gasteiger partial charge in [-0.15, -0.1) is 0 Å². The molecule has 1 aliphatic rings. The summed E-state index contributed by atoms with van der Waals surface area (Å²) in [7, 11) is 0. The molecular formula is C17H26IN5O3. The Hall–Kier alpha value is -1.65. The first-order valence-electron chi connectivity index (χ1n) is 8.60. The number of ether oxygens (including phenoxy) is 1. The van der Waals surface area contributed by atoms with Crippen molar-refractivity contribution in [1.29, 1.82) is 0 Å². The molecule has 1 fully saturated rings. The van der Waals surface area contributed by atoms with Gasteiger partial charge >= 0.3 is 6.09 Å². The Kier molecular flexibility index (Phi) is 6.64. The number of rotatable bonds is 4. The van der Waals surface area contributed by atoms with Gasteiger partial charge in [-0.2, -0.15) is 0 Å². The van der Waals surface area contributed by atoms with Crippen LogP contribution in [-0.4, -0.2) is 58.6 Å². The largest absolute Gasteiger partial charge is 0.444 e. The third-order valence-corrected chi connectivity index (χ3v) is 4.90. The van der Waals surface area contributed by atoms with Crippen LogP contribution in [0.15, 0.2) is 6.33 Å². The van der Waals surface area contributed by atoms with Crippen molar-refractivity contribution in [2.45, 2.75) is 45.6 Å². The summed E-state index contributed by atoms with van der Waals surface area (Å²) in [4.78, 5) is 36.1. The highest BCUT2D eigenvalue weighted by molar-refractivity contribution is 14.1. The Balaban J connectivity index is 2.11. The second-order valence-electron chi connectivity index (χ2n) is 7.43. The highest BCUT2D eigenvalue weighted by Gasteiger charge is 2.29. The van der Waals surface area contributed by atoms with Crippen molar-refractivity contribution in [1.82, 2.24) is 14.9 Å². The normalized spacial score (nSPS) is 16.3. The number of carbonyl (C=O) groups is 2. The summed E-state index contributed by atoms with van der Waals surface area (Å²) in [6, 6.07) is 0. The van der Waals surface area contributed by atoms with Gasteiger partial charge in [0.2, 0.25) is 5.91 Å². The summed E-state index contributed by atoms with van der Waals surface area (Å²) in [5.74, 6) is 0.388. The minimum atomic E-state index is -0.506. The van der Waals surface area contributed by atoms with Crippen molar-refractivity contribution in [2.75, 3.05) is 31.1 Å². The number of nitrogens with two attached hydrogens (primary N) is 1. The second kappa shape index (κ2) is 8.36. The predicted octanol–water partition coefficient (Wildman–Crippen LogP) is 2.12. The molecule has 0 aliphatic carbocycles. The summed E-state index contributed by atoms with van der Waals surface area (Å²) in [6.07, 6.45) is 1.48. The fourth-order valence-corrected chi connectivity index (χ4v) is 3.77. The summed E-state index contributed by atoms with van der Waals surface area (Å²) in [6.45, 7) is 9.92. The van der Waals surface area contributed by atoms with E-state index in [1.54, 1.807) is 4.90 Å². The third-order valence-electron chi connectivity index (χ3n) is 4.05. The van der Waals surface area contributed by atoms with E-state index in [1.807, 2.05) is 27.7 Å². The maximum atomic E-state index is 12.2. The van der Waals surface area contributed by atoms with E-state index in [9.17, 15) is 9.59 Å². The lowest BCUT2D eigenvalue weighted by Crippen LogP contribution is -2.50. The van der Waals surface area contributed by atoms with Crippen LogP contribution in [-0.2, 0) is 9.53 Å². The molecule has 8 nitrogen and oxygen atoms in total. The second-order valence-corrected chi connectivity index (χ2v) is 8.45. The van der Waals surface area contributed by atoms with E-state index in [2.05, 4.69) is 37.5 Å². The zero-order valence-corrected chi connectivity index (χ0v) is 17.8. The molecule has 1 aromatic heterocycles. The Morgan fingerprint density at radius 3 is 2.42 bits per heavy atom. The third kappa shape index (κ3) is 5.42. The van der Waals surface area contributed by atoms with Crippen LogP contribution >= 0.6 is 22.6 Å². The van der Waals surface area contributed by atoms with Crippen molar-refractivity contribution in [3.05, 3.63) is 15.6 Å². The van der Waals surface area contributed by atoms with Gasteiger partial charge in [0.25, 0.3) is 0 Å². The molecule has 1 saturated heterocycles. The summed E-state index contributed by atoms with van der Waals surface area (Å²) in [5.41, 5.74) is 5.78. The topological polar surface area (TPSA) is 102 Å². The van der Waals surface area contributed by atoms with E-state index in [-0.39, 0.29) is 24.3 Å². The van der Waals surface area contributed by atoms with Crippen molar-refractivity contribution in [3.8, 4) is 0 Å². The highest BCUT2D eigenvalue weighted by atomic mass is 127. The van der Waals surface area contributed by atoms with Gasteiger partial charge < -0.3 is 20.3 Å². The lowest BCUT2D eigenvalue weighted by Gasteiger charge is -2.37. The van der Waals surface area contributed by atoms with Gasteiger partial charge in [-0.1, -0.05) is 6.92 Å². The van der Waals surface area contributed by atoms with Crippen LogP contribution in [0, 0.1) is 3.70 Å². The summed E-state index contributed by atoms with van der Waals surface area (Å²) < 4.78 is 6.25. The lowest BCUT2D eigenvalue weighted by atomic mass is 9.99. The molecule has 0 unspecified atom stereocenters. The Morgan fingerprint density at radius 2 is 1.88 bits per heavy atom. The smallest absolute Gasteiger partial charge is 0.410 e. The number of carbonyl (C=O) groups excluding carboxylic acids is 2. The number of aromatic nitrogens is 2. The van der Waals surface area contributed by atoms with Gasteiger partial charge in [0.05, 0.1) is 0 Å². The molecule has 0 spiro atoms. The highest BCUT2D eigenvalue weighted by Crippen LogP contribution is 2.31. The van der Waals surface area contributed by atoms with Crippen LogP contribution in [0.3, 0.4) is 0 Å². The molecule has 2 N–H and O–H groups in total. The molecule has 26 heavy (non-hydrogen) atoms. The molecule has 1 aliphatic heterocycles. The standard InChI is InChI=1S/C17H26IN5O3/c1-11(9-12(19)24)13-14(18)20-10-21-15(13)22-5-7-23(8-6-22)16(25)26-17(2,3)4/h10-11H,5-9H2,1-4H3,(H2,19,24)/t11-/m1/s1. The Bertz CT molecular complexity index is 669. The first kappa shape index (κ1) is 20.7. The minimum absolute atomic E-state index is 0.0699. The number of nitrogens with zero attached hydrogens (tertiary/aromatic N) is 4. The number of hydrogen-bond acceptors (Lipinski definition) is 6. The van der Waals surface area contributed by atoms with Gasteiger partial charge in [-0.3, -0.25) is 4.79 Å². The Morgan fingerprint density at radius 1 is 1.27 bits per heavy atom. The molecule has 0 aromatic carbocycles. The summed E-state index contributed by atoms with van der Waals surface area (Å²) in [5, 5.41) is 0. The first-order chi connectivity index (χ1) is 12.1. The zero-order chi connectivity index (χ0) is 19.5. The van der Waals surface area contributed by atoms with E-state index >= 15 is 0 Å². The average Bonchev–Trinajstić information content (AvgIpc) is 2.52. The molecular weight excluding hydrogens is 449 g/mol. The molecule has 0 radical (unpaired) electrons. The predicted molar refractivity (Wildman–Crippen MR) is 107 cm³/mol. The maximum absolute atomic E-state index is 12.2. The van der Waals surface area contributed by atoms with E-state index in [4.69, 9.17) is 10.5 Å². The van der Waals surface area contributed by atoms with Crippen LogP contribution < -0.4 is 10.6 Å². The van der Waals surface area contributed by atoms with Crippen LogP contribution in [0.2, 0.25) is 0 Å². The number of piperazine rings is 1. The van der Waals surface area contributed by atoms with Crippen LogP contribution in [0.1, 0.15) is 45.6 Å². The monoisotopic (exact) mass is 475 g/mol. The van der Waals surface area contributed by atoms with Gasteiger partial charge in [-0.25, -0.2) is 14.8 Å². The van der Waals surface area contributed by atoms with Crippen LogP contribution in [0.4, 0.5) is 10.6 Å². The molecule has 2 amide bonds. The number of amides is 2. The van der Waals surface area contributed by atoms with Crippen molar-refractivity contribution >= 4 is 40.4 Å². The SMILES string of the molecule is C[C@H](CC(N)=O)c1c(I)ncnc1N1CCN(C(=O)OC(C)(C)C)CC1. The molecule has 1 aromatic rings. The maximum Gasteiger partial charge on any atom is 0.410 e. The quantitative estimate of drug-likeness (QED) is 0.529. The molecule has 144 valence electrons. The number of anilines is 1. The van der Waals surface area contributed by atoms with Crippen molar-refractivity contribution in [3.63, 3.8) is 0 Å². The van der Waals surface area contributed by atoms with Gasteiger partial charge in [0.1, 0.15) is 21.4 Å². The van der Waals surface area contributed by atoms with Crippen LogP contribution in [0.25, 0.3) is 0 Å².